The van der Waals surface area contributed by atoms with E-state index in [1.165, 1.54) is 0 Å². The number of hydrogen-bond acceptors (Lipinski definition) is 5. The van der Waals surface area contributed by atoms with E-state index in [0.29, 0.717) is 6.54 Å². The maximum atomic E-state index is 12.5. The van der Waals surface area contributed by atoms with Gasteiger partial charge in [-0.05, 0) is 41.4 Å². The zero-order chi connectivity index (χ0) is 19.1. The molecule has 5 nitrogen and oxygen atoms in total. The Morgan fingerprint density at radius 2 is 2.07 bits per heavy atom. The lowest BCUT2D eigenvalue weighted by molar-refractivity contribution is -0.128. The first kappa shape index (κ1) is 18.8. The number of nitrogens with one attached hydrogen (secondary N) is 1. The molecule has 1 saturated heterocycles. The highest BCUT2D eigenvalue weighted by Gasteiger charge is 2.53. The van der Waals surface area contributed by atoms with Gasteiger partial charge in [-0.15, -0.1) is 11.8 Å². The van der Waals surface area contributed by atoms with E-state index in [0.717, 1.165) is 24.2 Å². The van der Waals surface area contributed by atoms with Gasteiger partial charge in [0.1, 0.15) is 0 Å². The van der Waals surface area contributed by atoms with Gasteiger partial charge in [0.2, 0.25) is 5.91 Å². The van der Waals surface area contributed by atoms with Gasteiger partial charge < -0.3 is 21.1 Å². The topological polar surface area (TPSA) is 78.6 Å². The highest BCUT2D eigenvalue weighted by molar-refractivity contribution is 8.03. The zero-order valence-corrected chi connectivity index (χ0v) is 16.7. The van der Waals surface area contributed by atoms with E-state index < -0.39 is 0 Å². The summed E-state index contributed by atoms with van der Waals surface area (Å²) < 4.78 is 0. The van der Waals surface area contributed by atoms with Gasteiger partial charge in [0, 0.05) is 43.7 Å². The Bertz CT molecular complexity index is 723. The molecule has 3 aliphatic rings. The maximum absolute atomic E-state index is 12.5. The number of thioether (sulfide) groups is 1. The van der Waals surface area contributed by atoms with Gasteiger partial charge in [-0.2, -0.15) is 0 Å². The summed E-state index contributed by atoms with van der Waals surface area (Å²) in [4.78, 5) is 14.7. The first-order chi connectivity index (χ1) is 13.0. The minimum atomic E-state index is -0.386. The number of amides is 1. The van der Waals surface area contributed by atoms with Crippen LogP contribution in [0.4, 0.5) is 5.69 Å². The SMILES string of the molecule is CC1CC(O)C(c2ccc(N(C)CCN)cc2)C2C3C=CSC3C(=O)NC12. The van der Waals surface area contributed by atoms with Crippen molar-refractivity contribution >= 4 is 23.4 Å². The summed E-state index contributed by atoms with van der Waals surface area (Å²) in [5.41, 5.74) is 7.95. The molecular formula is C21H29N3O2S. The highest BCUT2D eigenvalue weighted by atomic mass is 32.2. The van der Waals surface area contributed by atoms with E-state index in [1.54, 1.807) is 11.8 Å². The average molecular weight is 388 g/mol. The second kappa shape index (κ2) is 7.49. The first-order valence-corrected chi connectivity index (χ1v) is 10.8. The Balaban J connectivity index is 1.66. The van der Waals surface area contributed by atoms with Gasteiger partial charge in [0.15, 0.2) is 0 Å². The van der Waals surface area contributed by atoms with Crippen molar-refractivity contribution in [2.75, 3.05) is 25.0 Å². The fourth-order valence-corrected chi connectivity index (χ4v) is 6.28. The third-order valence-electron chi connectivity index (χ3n) is 6.54. The van der Waals surface area contributed by atoms with E-state index in [9.17, 15) is 9.90 Å². The van der Waals surface area contributed by atoms with Gasteiger partial charge in [0.05, 0.1) is 11.4 Å². The number of anilines is 1. The molecule has 1 aromatic carbocycles. The standard InChI is InChI=1S/C21H29N3O2S/c1-12-11-16(25)17(13-3-5-14(6-4-13)24(2)9-8-22)18-15-7-10-27-20(15)21(26)23-19(12)18/h3-7,10,12,15-20,25H,8-9,11,22H2,1-2H3,(H,23,26). The third-order valence-corrected chi connectivity index (χ3v) is 7.68. The lowest BCUT2D eigenvalue weighted by Crippen LogP contribution is -2.62. The molecule has 7 unspecified atom stereocenters. The number of carbonyl (C=O) groups is 1. The number of hydrogen-bond donors (Lipinski definition) is 3. The quantitative estimate of drug-likeness (QED) is 0.736. The number of aliphatic hydroxyl groups excluding tert-OH is 1. The summed E-state index contributed by atoms with van der Waals surface area (Å²) in [6.07, 6.45) is 2.52. The normalized spacial score (nSPS) is 37.5. The molecule has 0 bridgehead atoms. The van der Waals surface area contributed by atoms with Crippen LogP contribution in [-0.4, -0.2) is 48.5 Å². The second-order valence-corrected chi connectivity index (χ2v) is 9.23. The van der Waals surface area contributed by atoms with E-state index in [-0.39, 0.29) is 47.0 Å². The number of benzene rings is 1. The van der Waals surface area contributed by atoms with Gasteiger partial charge in [0.25, 0.3) is 0 Å². The van der Waals surface area contributed by atoms with Crippen LogP contribution in [0.25, 0.3) is 0 Å². The van der Waals surface area contributed by atoms with Crippen molar-refractivity contribution in [3.05, 3.63) is 41.3 Å². The van der Waals surface area contributed by atoms with Crippen molar-refractivity contribution in [1.82, 2.24) is 5.32 Å². The molecule has 6 heteroatoms. The average Bonchev–Trinajstić information content (AvgIpc) is 3.14. The molecule has 1 aromatic rings. The molecule has 0 aromatic heterocycles. The molecule has 27 heavy (non-hydrogen) atoms. The molecular weight excluding hydrogens is 358 g/mol. The Morgan fingerprint density at radius 3 is 2.78 bits per heavy atom. The number of nitrogens with two attached hydrogens (primary N) is 1. The van der Waals surface area contributed by atoms with Gasteiger partial charge >= 0.3 is 0 Å². The molecule has 1 amide bonds. The number of carbonyl (C=O) groups excluding carboxylic acids is 1. The number of aliphatic hydroxyl groups is 1. The monoisotopic (exact) mass is 387 g/mol. The molecule has 2 heterocycles. The summed E-state index contributed by atoms with van der Waals surface area (Å²) in [5, 5.41) is 16.3. The Labute approximate surface area is 165 Å². The molecule has 4 N–H and O–H groups in total. The maximum Gasteiger partial charge on any atom is 0.234 e. The Morgan fingerprint density at radius 1 is 1.33 bits per heavy atom. The summed E-state index contributed by atoms with van der Waals surface area (Å²) in [7, 11) is 2.04. The van der Waals surface area contributed by atoms with Gasteiger partial charge in [-0.3, -0.25) is 4.79 Å². The predicted molar refractivity (Wildman–Crippen MR) is 111 cm³/mol. The van der Waals surface area contributed by atoms with E-state index in [2.05, 4.69) is 52.9 Å². The Kier molecular flexibility index (Phi) is 5.23. The van der Waals surface area contributed by atoms with E-state index >= 15 is 0 Å². The van der Waals surface area contributed by atoms with Crippen LogP contribution in [0, 0.1) is 17.8 Å². The number of fused-ring (bicyclic) bond motifs is 3. The number of likely N-dealkylation sites (N-methyl/N-ethyl adjacent to an activating group) is 1. The van der Waals surface area contributed by atoms with Gasteiger partial charge in [-0.1, -0.05) is 25.1 Å². The first-order valence-electron chi connectivity index (χ1n) is 9.83. The van der Waals surface area contributed by atoms with Crippen molar-refractivity contribution in [2.24, 2.45) is 23.5 Å². The summed E-state index contributed by atoms with van der Waals surface area (Å²) in [5.74, 6) is 0.884. The zero-order valence-electron chi connectivity index (χ0n) is 15.9. The van der Waals surface area contributed by atoms with Crippen molar-refractivity contribution in [2.45, 2.75) is 36.7 Å². The van der Waals surface area contributed by atoms with Crippen LogP contribution >= 0.6 is 11.8 Å². The minimum Gasteiger partial charge on any atom is -0.392 e. The Hall–Kier alpha value is -1.50. The van der Waals surface area contributed by atoms with E-state index in [1.807, 2.05) is 7.05 Å². The fraction of sp³-hybridized carbons (Fsp3) is 0.571. The molecule has 1 saturated carbocycles. The molecule has 0 radical (unpaired) electrons. The highest BCUT2D eigenvalue weighted by Crippen LogP contribution is 2.51. The molecule has 146 valence electrons. The summed E-state index contributed by atoms with van der Waals surface area (Å²) >= 11 is 1.61. The molecule has 2 fully saturated rings. The number of piperidine rings is 1. The van der Waals surface area contributed by atoms with Crippen LogP contribution < -0.4 is 16.0 Å². The number of allylic oxidation sites excluding steroid dienone is 1. The van der Waals surface area contributed by atoms with Crippen molar-refractivity contribution in [1.29, 1.82) is 0 Å². The van der Waals surface area contributed by atoms with Crippen molar-refractivity contribution in [3.8, 4) is 0 Å². The van der Waals surface area contributed by atoms with E-state index in [4.69, 9.17) is 5.73 Å². The molecule has 7 atom stereocenters. The summed E-state index contributed by atoms with van der Waals surface area (Å²) in [6, 6.07) is 8.63. The number of rotatable bonds is 4. The van der Waals surface area contributed by atoms with Crippen molar-refractivity contribution < 1.29 is 9.90 Å². The van der Waals surface area contributed by atoms with Crippen LogP contribution in [-0.2, 0) is 4.79 Å². The third kappa shape index (κ3) is 3.28. The van der Waals surface area contributed by atoms with Crippen LogP contribution in [0.15, 0.2) is 35.7 Å². The fourth-order valence-electron chi connectivity index (χ4n) is 5.19. The van der Waals surface area contributed by atoms with Crippen LogP contribution in [0.3, 0.4) is 0 Å². The van der Waals surface area contributed by atoms with Gasteiger partial charge in [-0.25, -0.2) is 0 Å². The molecule has 2 aliphatic heterocycles. The second-order valence-electron chi connectivity index (χ2n) is 8.18. The van der Waals surface area contributed by atoms with Crippen LogP contribution in [0.5, 0.6) is 0 Å². The van der Waals surface area contributed by atoms with Crippen molar-refractivity contribution in [3.63, 3.8) is 0 Å². The largest absolute Gasteiger partial charge is 0.392 e. The number of nitrogens with zero attached hydrogens (tertiary/aromatic N) is 1. The minimum absolute atomic E-state index is 0.0384. The van der Waals surface area contributed by atoms with Crippen LogP contribution in [0.2, 0.25) is 0 Å². The lowest BCUT2D eigenvalue weighted by atomic mass is 9.60. The summed E-state index contributed by atoms with van der Waals surface area (Å²) in [6.45, 7) is 3.58. The van der Waals surface area contributed by atoms with Crippen LogP contribution in [0.1, 0.15) is 24.8 Å². The predicted octanol–water partition coefficient (Wildman–Crippen LogP) is 1.93. The molecule has 0 spiro atoms. The smallest absolute Gasteiger partial charge is 0.234 e. The lowest BCUT2D eigenvalue weighted by Gasteiger charge is -2.51. The molecule has 1 aliphatic carbocycles. The molecule has 4 rings (SSSR count).